The topological polar surface area (TPSA) is 46.4 Å². The Bertz CT molecular complexity index is 529. The Balaban J connectivity index is 2.01. The molecule has 0 aromatic heterocycles. The molecule has 0 atom stereocenters. The molecule has 0 amide bonds. The highest BCUT2D eigenvalue weighted by molar-refractivity contribution is 9.10. The molecule has 21 heavy (non-hydrogen) atoms. The van der Waals surface area contributed by atoms with E-state index < -0.39 is 17.0 Å². The molecule has 0 radical (unpaired) electrons. The fourth-order valence-corrected chi connectivity index (χ4v) is 3.02. The number of rotatable bonds is 3. The summed E-state index contributed by atoms with van der Waals surface area (Å²) in [7, 11) is 0. The van der Waals surface area contributed by atoms with Crippen molar-refractivity contribution in [1.82, 2.24) is 4.90 Å². The van der Waals surface area contributed by atoms with E-state index in [0.29, 0.717) is 24.1 Å². The van der Waals surface area contributed by atoms with Crippen molar-refractivity contribution in [1.29, 1.82) is 0 Å². The monoisotopic (exact) mass is 366 g/mol. The molecule has 116 valence electrons. The maximum absolute atomic E-state index is 12.6. The van der Waals surface area contributed by atoms with E-state index >= 15 is 0 Å². The van der Waals surface area contributed by atoms with Gasteiger partial charge in [-0.2, -0.15) is 13.2 Å². The molecule has 1 saturated heterocycles. The fraction of sp³-hybridized carbons (Fsp3) is 0.538. The van der Waals surface area contributed by atoms with Crippen LogP contribution in [0.15, 0.2) is 22.7 Å². The van der Waals surface area contributed by atoms with Crippen LogP contribution in [0.4, 0.5) is 18.9 Å². The Hall–Kier alpha value is -1.15. The second-order valence-corrected chi connectivity index (χ2v) is 5.89. The highest BCUT2D eigenvalue weighted by Gasteiger charge is 2.41. The van der Waals surface area contributed by atoms with Crippen molar-refractivity contribution in [2.45, 2.75) is 25.6 Å². The van der Waals surface area contributed by atoms with Gasteiger partial charge in [0.15, 0.2) is 0 Å². The molecule has 1 aliphatic rings. The highest BCUT2D eigenvalue weighted by atomic mass is 79.9. The summed E-state index contributed by atoms with van der Waals surface area (Å²) in [6, 6.07) is 4.72. The van der Waals surface area contributed by atoms with Crippen LogP contribution in [0, 0.1) is 16.0 Å². The first-order chi connectivity index (χ1) is 9.79. The van der Waals surface area contributed by atoms with E-state index in [1.54, 1.807) is 12.1 Å². The van der Waals surface area contributed by atoms with Crippen LogP contribution in [0.3, 0.4) is 0 Å². The van der Waals surface area contributed by atoms with Gasteiger partial charge in [0.1, 0.15) is 0 Å². The van der Waals surface area contributed by atoms with Gasteiger partial charge >= 0.3 is 6.18 Å². The lowest BCUT2D eigenvalue weighted by atomic mass is 9.96. The first-order valence-electron chi connectivity index (χ1n) is 6.50. The molecular weight excluding hydrogens is 353 g/mol. The van der Waals surface area contributed by atoms with Crippen LogP contribution in [0.25, 0.3) is 0 Å². The van der Waals surface area contributed by atoms with Gasteiger partial charge in [0.25, 0.3) is 5.69 Å². The largest absolute Gasteiger partial charge is 0.391 e. The Morgan fingerprint density at radius 1 is 1.33 bits per heavy atom. The van der Waals surface area contributed by atoms with E-state index in [1.807, 2.05) is 4.90 Å². The number of hydrogen-bond donors (Lipinski definition) is 0. The van der Waals surface area contributed by atoms with Crippen molar-refractivity contribution in [2.24, 2.45) is 5.92 Å². The maximum Gasteiger partial charge on any atom is 0.391 e. The number of nitrogens with zero attached hydrogens (tertiary/aromatic N) is 2. The first-order valence-corrected chi connectivity index (χ1v) is 7.29. The van der Waals surface area contributed by atoms with Gasteiger partial charge in [-0.15, -0.1) is 0 Å². The number of piperidine rings is 1. The predicted octanol–water partition coefficient (Wildman–Crippen LogP) is 4.13. The Morgan fingerprint density at radius 2 is 1.95 bits per heavy atom. The quantitative estimate of drug-likeness (QED) is 0.596. The van der Waals surface area contributed by atoms with E-state index in [2.05, 4.69) is 15.9 Å². The predicted molar refractivity (Wildman–Crippen MR) is 74.9 cm³/mol. The lowest BCUT2D eigenvalue weighted by Crippen LogP contribution is -2.38. The zero-order chi connectivity index (χ0) is 15.6. The van der Waals surface area contributed by atoms with Crippen molar-refractivity contribution in [2.75, 3.05) is 13.1 Å². The molecule has 4 nitrogen and oxygen atoms in total. The molecule has 1 aromatic rings. The molecule has 0 spiro atoms. The molecule has 8 heteroatoms. The summed E-state index contributed by atoms with van der Waals surface area (Å²) in [6.07, 6.45) is -3.97. The average Bonchev–Trinajstić information content (AvgIpc) is 2.40. The van der Waals surface area contributed by atoms with Gasteiger partial charge in [-0.3, -0.25) is 15.0 Å². The van der Waals surface area contributed by atoms with Crippen LogP contribution in [-0.2, 0) is 6.54 Å². The van der Waals surface area contributed by atoms with Crippen LogP contribution >= 0.6 is 15.9 Å². The number of benzene rings is 1. The summed E-state index contributed by atoms with van der Waals surface area (Å²) in [6.45, 7) is 1.10. The van der Waals surface area contributed by atoms with Crippen LogP contribution in [0.1, 0.15) is 18.4 Å². The van der Waals surface area contributed by atoms with E-state index in [1.165, 1.54) is 6.07 Å². The maximum atomic E-state index is 12.6. The molecule has 0 unspecified atom stereocenters. The Morgan fingerprint density at radius 3 is 2.48 bits per heavy atom. The number of alkyl halides is 3. The number of hydrogen-bond acceptors (Lipinski definition) is 3. The number of nitro benzene ring substituents is 1. The third-order valence-corrected chi connectivity index (χ3v) is 4.61. The average molecular weight is 367 g/mol. The molecule has 1 fully saturated rings. The lowest BCUT2D eigenvalue weighted by molar-refractivity contribution is -0.385. The lowest BCUT2D eigenvalue weighted by Gasteiger charge is -2.33. The van der Waals surface area contributed by atoms with Crippen molar-refractivity contribution in [3.8, 4) is 0 Å². The Kier molecular flexibility index (Phi) is 4.88. The highest BCUT2D eigenvalue weighted by Crippen LogP contribution is 2.35. The molecule has 1 aliphatic heterocycles. The number of nitro groups is 1. The standard InChI is InChI=1S/C13H14BrF3N2O2/c14-12-9(2-1-3-11(12)19(20)21)8-18-6-4-10(5-7-18)13(15,16)17/h1-3,10H,4-8H2. The normalized spacial score (nSPS) is 17.9. The van der Waals surface area contributed by atoms with E-state index in [4.69, 9.17) is 0 Å². The van der Waals surface area contributed by atoms with E-state index in [-0.39, 0.29) is 18.5 Å². The zero-order valence-corrected chi connectivity index (χ0v) is 12.7. The van der Waals surface area contributed by atoms with E-state index in [0.717, 1.165) is 5.56 Å². The van der Waals surface area contributed by atoms with Crippen molar-refractivity contribution in [3.05, 3.63) is 38.3 Å². The molecule has 1 heterocycles. The third-order valence-electron chi connectivity index (χ3n) is 3.70. The number of likely N-dealkylation sites (tertiary alicyclic amines) is 1. The molecule has 0 bridgehead atoms. The third kappa shape index (κ3) is 3.94. The molecule has 0 N–H and O–H groups in total. The summed E-state index contributed by atoms with van der Waals surface area (Å²) in [5.41, 5.74) is 0.687. The van der Waals surface area contributed by atoms with Gasteiger partial charge in [-0.25, -0.2) is 0 Å². The van der Waals surface area contributed by atoms with Crippen LogP contribution in [-0.4, -0.2) is 29.1 Å². The van der Waals surface area contributed by atoms with Gasteiger partial charge < -0.3 is 0 Å². The summed E-state index contributed by atoms with van der Waals surface area (Å²) in [5.74, 6) is -1.23. The minimum Gasteiger partial charge on any atom is -0.299 e. The first kappa shape index (κ1) is 16.2. The van der Waals surface area contributed by atoms with Crippen molar-refractivity contribution < 1.29 is 18.1 Å². The van der Waals surface area contributed by atoms with Gasteiger partial charge in [0.05, 0.1) is 15.3 Å². The van der Waals surface area contributed by atoms with Crippen molar-refractivity contribution in [3.63, 3.8) is 0 Å². The van der Waals surface area contributed by atoms with Gasteiger partial charge in [-0.05, 0) is 47.4 Å². The summed E-state index contributed by atoms with van der Waals surface area (Å²) < 4.78 is 38.2. The van der Waals surface area contributed by atoms with Gasteiger partial charge in [0, 0.05) is 12.6 Å². The molecular formula is C13H14BrF3N2O2. The number of halogens is 4. The van der Waals surface area contributed by atoms with E-state index in [9.17, 15) is 23.3 Å². The minimum absolute atomic E-state index is 0.0299. The Labute approximate surface area is 128 Å². The summed E-state index contributed by atoms with van der Waals surface area (Å²) in [4.78, 5) is 12.3. The fourth-order valence-electron chi connectivity index (χ4n) is 2.49. The van der Waals surface area contributed by atoms with Crippen molar-refractivity contribution >= 4 is 21.6 Å². The minimum atomic E-state index is -4.13. The smallest absolute Gasteiger partial charge is 0.299 e. The summed E-state index contributed by atoms with van der Waals surface area (Å²) >= 11 is 3.20. The molecule has 1 aromatic carbocycles. The SMILES string of the molecule is O=[N+]([O-])c1cccc(CN2CCC(C(F)(F)F)CC2)c1Br. The molecule has 2 rings (SSSR count). The molecule has 0 saturated carbocycles. The van der Waals surface area contributed by atoms with Gasteiger partial charge in [0.2, 0.25) is 0 Å². The second kappa shape index (κ2) is 6.31. The zero-order valence-electron chi connectivity index (χ0n) is 11.1. The second-order valence-electron chi connectivity index (χ2n) is 5.10. The van der Waals surface area contributed by atoms with Crippen LogP contribution < -0.4 is 0 Å². The van der Waals surface area contributed by atoms with Gasteiger partial charge in [-0.1, -0.05) is 12.1 Å². The molecule has 0 aliphatic carbocycles. The van der Waals surface area contributed by atoms with Crippen LogP contribution in [0.2, 0.25) is 0 Å². The van der Waals surface area contributed by atoms with Crippen LogP contribution in [0.5, 0.6) is 0 Å². The summed E-state index contributed by atoms with van der Waals surface area (Å²) in [5, 5.41) is 10.9.